The number of benzene rings is 2. The predicted octanol–water partition coefficient (Wildman–Crippen LogP) is 5.71. The van der Waals surface area contributed by atoms with Crippen molar-refractivity contribution in [2.24, 2.45) is 5.22 Å². The molecule has 0 unspecified atom stereocenters. The van der Waals surface area contributed by atoms with Crippen LogP contribution in [0.2, 0.25) is 5.15 Å². The first-order chi connectivity index (χ1) is 14.8. The van der Waals surface area contributed by atoms with Gasteiger partial charge in [-0.05, 0) is 67.8 Å². The van der Waals surface area contributed by atoms with Gasteiger partial charge in [-0.25, -0.2) is 4.79 Å². The standard InChI is InChI=1S/C22H23ClN6O2/c1-13-6-5-7-18(25-22(30)29(4)28-24)17(13)12-31-20-11-14(2)16(10-15(20)3)19-8-9-21(23)27-26-19/h5-11,24H,12H2,1-4H3,(H,25,30). The number of carbonyl (C=O) groups is 1. The van der Waals surface area contributed by atoms with Crippen molar-refractivity contribution < 1.29 is 9.53 Å². The Morgan fingerprint density at radius 3 is 2.58 bits per heavy atom. The van der Waals surface area contributed by atoms with E-state index in [-0.39, 0.29) is 6.61 Å². The van der Waals surface area contributed by atoms with Crippen LogP contribution in [0.15, 0.2) is 47.7 Å². The fourth-order valence-electron chi connectivity index (χ4n) is 3.08. The number of amides is 2. The van der Waals surface area contributed by atoms with Crippen molar-refractivity contribution in [3.8, 4) is 17.0 Å². The summed E-state index contributed by atoms with van der Waals surface area (Å²) in [6, 6.07) is 12.6. The van der Waals surface area contributed by atoms with Crippen LogP contribution in [0.25, 0.3) is 11.3 Å². The minimum absolute atomic E-state index is 0.268. The Bertz CT molecular complexity index is 1120. The van der Waals surface area contributed by atoms with Crippen LogP contribution in [0.1, 0.15) is 22.3 Å². The average Bonchev–Trinajstić information content (AvgIpc) is 2.75. The molecule has 0 radical (unpaired) electrons. The molecule has 2 N–H and O–H groups in total. The van der Waals surface area contributed by atoms with Crippen LogP contribution in [0.4, 0.5) is 10.5 Å². The van der Waals surface area contributed by atoms with Gasteiger partial charge in [0.15, 0.2) is 5.15 Å². The fourth-order valence-corrected chi connectivity index (χ4v) is 3.18. The Kier molecular flexibility index (Phi) is 6.81. The van der Waals surface area contributed by atoms with E-state index in [2.05, 4.69) is 20.7 Å². The lowest BCUT2D eigenvalue weighted by Gasteiger charge is -2.18. The normalized spacial score (nSPS) is 10.5. The van der Waals surface area contributed by atoms with E-state index in [4.69, 9.17) is 21.9 Å². The van der Waals surface area contributed by atoms with E-state index in [0.29, 0.717) is 10.8 Å². The zero-order valence-electron chi connectivity index (χ0n) is 17.7. The topological polar surface area (TPSA) is 104 Å². The molecular weight excluding hydrogens is 416 g/mol. The van der Waals surface area contributed by atoms with Crippen molar-refractivity contribution in [2.45, 2.75) is 27.4 Å². The SMILES string of the molecule is Cc1cc(-c2ccc(Cl)nn2)c(C)cc1OCc1c(C)cccc1NC(=O)N(C)N=N. The van der Waals surface area contributed by atoms with Gasteiger partial charge in [-0.15, -0.1) is 10.2 Å². The molecule has 3 aromatic rings. The minimum Gasteiger partial charge on any atom is -0.489 e. The number of nitrogens with one attached hydrogen (secondary N) is 2. The summed E-state index contributed by atoms with van der Waals surface area (Å²) in [5.41, 5.74) is 13.1. The lowest BCUT2D eigenvalue weighted by molar-refractivity contribution is 0.220. The molecule has 0 bridgehead atoms. The van der Waals surface area contributed by atoms with Crippen LogP contribution in [-0.2, 0) is 6.61 Å². The number of aromatic nitrogens is 2. The number of urea groups is 1. The fraction of sp³-hybridized carbons (Fsp3) is 0.227. The molecule has 0 aliphatic carbocycles. The maximum atomic E-state index is 12.1. The summed E-state index contributed by atoms with van der Waals surface area (Å²) >= 11 is 5.84. The number of anilines is 1. The molecule has 0 saturated heterocycles. The van der Waals surface area contributed by atoms with Crippen molar-refractivity contribution in [3.63, 3.8) is 0 Å². The first-order valence-electron chi connectivity index (χ1n) is 9.54. The van der Waals surface area contributed by atoms with Gasteiger partial charge in [0.1, 0.15) is 12.4 Å². The Hall–Kier alpha value is -3.52. The molecule has 0 spiro atoms. The number of carbonyl (C=O) groups excluding carboxylic acids is 1. The van der Waals surface area contributed by atoms with Crippen molar-refractivity contribution in [1.82, 2.24) is 15.2 Å². The van der Waals surface area contributed by atoms with Gasteiger partial charge in [-0.1, -0.05) is 29.0 Å². The van der Waals surface area contributed by atoms with Gasteiger partial charge in [0.05, 0.1) is 5.69 Å². The van der Waals surface area contributed by atoms with Crippen molar-refractivity contribution in [2.75, 3.05) is 12.4 Å². The third-order valence-corrected chi connectivity index (χ3v) is 5.10. The van der Waals surface area contributed by atoms with Crippen molar-refractivity contribution in [1.29, 1.82) is 5.53 Å². The number of nitrogens with zero attached hydrogens (tertiary/aromatic N) is 4. The first-order valence-corrected chi connectivity index (χ1v) is 9.92. The summed E-state index contributed by atoms with van der Waals surface area (Å²) in [7, 11) is 1.41. The van der Waals surface area contributed by atoms with Gasteiger partial charge in [0, 0.05) is 23.9 Å². The second-order valence-corrected chi connectivity index (χ2v) is 7.50. The summed E-state index contributed by atoms with van der Waals surface area (Å²) in [5.74, 6) is 0.738. The highest BCUT2D eigenvalue weighted by Crippen LogP contribution is 2.30. The third-order valence-electron chi connectivity index (χ3n) is 4.90. The average molecular weight is 439 g/mol. The first kappa shape index (κ1) is 22.2. The minimum atomic E-state index is -0.498. The van der Waals surface area contributed by atoms with Crippen LogP contribution in [0, 0.1) is 26.3 Å². The van der Waals surface area contributed by atoms with Gasteiger partial charge < -0.3 is 10.1 Å². The lowest BCUT2D eigenvalue weighted by atomic mass is 10.0. The Morgan fingerprint density at radius 2 is 1.90 bits per heavy atom. The third kappa shape index (κ3) is 5.16. The Morgan fingerprint density at radius 1 is 1.13 bits per heavy atom. The van der Waals surface area contributed by atoms with Gasteiger partial charge >= 0.3 is 6.03 Å². The van der Waals surface area contributed by atoms with Crippen LogP contribution in [-0.4, -0.2) is 28.3 Å². The molecule has 1 aromatic heterocycles. The number of ether oxygens (including phenoxy) is 1. The smallest absolute Gasteiger partial charge is 0.343 e. The second-order valence-electron chi connectivity index (χ2n) is 7.12. The van der Waals surface area contributed by atoms with E-state index >= 15 is 0 Å². The predicted molar refractivity (Wildman–Crippen MR) is 119 cm³/mol. The summed E-state index contributed by atoms with van der Waals surface area (Å²) in [6.45, 7) is 6.17. The Balaban J connectivity index is 1.83. The zero-order chi connectivity index (χ0) is 22.5. The number of rotatable bonds is 6. The summed E-state index contributed by atoms with van der Waals surface area (Å²) < 4.78 is 6.12. The van der Waals surface area contributed by atoms with Crippen molar-refractivity contribution in [3.05, 3.63) is 69.9 Å². The van der Waals surface area contributed by atoms with Crippen LogP contribution in [0.5, 0.6) is 5.75 Å². The molecule has 160 valence electrons. The number of hydrogen-bond donors (Lipinski definition) is 2. The molecule has 3 rings (SSSR count). The Labute approximate surface area is 185 Å². The highest BCUT2D eigenvalue weighted by Gasteiger charge is 2.14. The van der Waals surface area contributed by atoms with E-state index in [0.717, 1.165) is 44.3 Å². The van der Waals surface area contributed by atoms with E-state index < -0.39 is 6.03 Å². The van der Waals surface area contributed by atoms with Gasteiger partial charge in [0.2, 0.25) is 0 Å². The summed E-state index contributed by atoms with van der Waals surface area (Å²) in [6.07, 6.45) is 0. The molecule has 31 heavy (non-hydrogen) atoms. The van der Waals surface area contributed by atoms with Gasteiger partial charge in [-0.3, -0.25) is 0 Å². The van der Waals surface area contributed by atoms with Gasteiger partial charge in [-0.2, -0.15) is 10.5 Å². The van der Waals surface area contributed by atoms with E-state index in [1.54, 1.807) is 12.1 Å². The largest absolute Gasteiger partial charge is 0.489 e. The van der Waals surface area contributed by atoms with Crippen molar-refractivity contribution >= 4 is 23.3 Å². The lowest BCUT2D eigenvalue weighted by Crippen LogP contribution is -2.27. The number of halogens is 1. The maximum Gasteiger partial charge on any atom is 0.343 e. The van der Waals surface area contributed by atoms with Crippen LogP contribution in [0.3, 0.4) is 0 Å². The highest BCUT2D eigenvalue weighted by molar-refractivity contribution is 6.29. The molecule has 0 atom stereocenters. The highest BCUT2D eigenvalue weighted by atomic mass is 35.5. The van der Waals surface area contributed by atoms with Crippen LogP contribution >= 0.6 is 11.6 Å². The molecule has 0 fully saturated rings. The quantitative estimate of drug-likeness (QED) is 0.379. The van der Waals surface area contributed by atoms with E-state index in [9.17, 15) is 4.79 Å². The molecule has 2 aromatic carbocycles. The molecule has 0 aliphatic heterocycles. The van der Waals surface area contributed by atoms with Crippen LogP contribution < -0.4 is 10.1 Å². The second kappa shape index (κ2) is 9.53. The monoisotopic (exact) mass is 438 g/mol. The number of hydrogen-bond acceptors (Lipinski definition) is 6. The maximum absolute atomic E-state index is 12.1. The van der Waals surface area contributed by atoms with E-state index in [1.807, 2.05) is 51.1 Å². The molecular formula is C22H23ClN6O2. The van der Waals surface area contributed by atoms with E-state index in [1.165, 1.54) is 7.05 Å². The zero-order valence-corrected chi connectivity index (χ0v) is 18.5. The molecule has 0 saturated carbocycles. The van der Waals surface area contributed by atoms with Gasteiger partial charge in [0.25, 0.3) is 0 Å². The summed E-state index contributed by atoms with van der Waals surface area (Å²) in [4.78, 5) is 12.1. The molecule has 2 amide bonds. The molecule has 1 heterocycles. The molecule has 9 heteroatoms. The summed E-state index contributed by atoms with van der Waals surface area (Å²) in [5, 5.41) is 15.2. The number of aryl methyl sites for hydroxylation is 3. The molecule has 0 aliphatic rings. The molecule has 8 nitrogen and oxygen atoms in total.